The van der Waals surface area contributed by atoms with Gasteiger partial charge in [-0.25, -0.2) is 0 Å². The lowest BCUT2D eigenvalue weighted by molar-refractivity contribution is -0.161. The molecule has 0 spiro atoms. The number of carbonyl (C=O) groups is 1. The predicted molar refractivity (Wildman–Crippen MR) is 105 cm³/mol. The van der Waals surface area contributed by atoms with Crippen LogP contribution in [0.5, 0.6) is 0 Å². The monoisotopic (exact) mass is 443 g/mol. The van der Waals surface area contributed by atoms with Gasteiger partial charge < -0.3 is 14.2 Å². The van der Waals surface area contributed by atoms with Gasteiger partial charge in [-0.2, -0.15) is 13.2 Å². The molecule has 0 unspecified atom stereocenters. The lowest BCUT2D eigenvalue weighted by atomic mass is 10.1. The zero-order valence-corrected chi connectivity index (χ0v) is 17.3. The highest BCUT2D eigenvalue weighted by Gasteiger charge is 2.35. The summed E-state index contributed by atoms with van der Waals surface area (Å²) in [6.45, 7) is 0.315. The number of amides is 1. The van der Waals surface area contributed by atoms with Crippen LogP contribution in [0.3, 0.4) is 0 Å². The molecule has 11 heteroatoms. The van der Waals surface area contributed by atoms with E-state index in [0.29, 0.717) is 17.0 Å². The topological polar surface area (TPSA) is 67.4 Å². The summed E-state index contributed by atoms with van der Waals surface area (Å²) in [7, 11) is 0. The summed E-state index contributed by atoms with van der Waals surface area (Å²) in [5, 5.41) is 9.19. The molecule has 0 bridgehead atoms. The molecule has 0 N–H and O–H groups in total. The zero-order chi connectivity index (χ0) is 21.1. The number of thioether (sulfide) groups is 1. The van der Waals surface area contributed by atoms with Gasteiger partial charge in [0.1, 0.15) is 12.3 Å². The van der Waals surface area contributed by atoms with Gasteiger partial charge in [-0.05, 0) is 44.2 Å². The smallest absolute Gasteiger partial charge is 0.406 e. The molecule has 1 saturated heterocycles. The van der Waals surface area contributed by atoms with Crippen LogP contribution in [0.4, 0.5) is 19.1 Å². The molecule has 7 nitrogen and oxygen atoms in total. The SMILES string of the molecule is O=C(CSc1nnc(N2CCCCC2)n1C1CC1)N(Cc1ccco1)CC(F)(F)F. The van der Waals surface area contributed by atoms with Crippen molar-refractivity contribution in [2.24, 2.45) is 0 Å². The van der Waals surface area contributed by atoms with Crippen LogP contribution >= 0.6 is 11.8 Å². The Kier molecular flexibility index (Phi) is 6.26. The van der Waals surface area contributed by atoms with Crippen molar-refractivity contribution >= 4 is 23.6 Å². The number of furan rings is 1. The van der Waals surface area contributed by atoms with Gasteiger partial charge in [0.2, 0.25) is 11.9 Å². The highest BCUT2D eigenvalue weighted by molar-refractivity contribution is 7.99. The fraction of sp³-hybridized carbons (Fsp3) is 0.632. The Morgan fingerprint density at radius 1 is 1.23 bits per heavy atom. The fourth-order valence-electron chi connectivity index (χ4n) is 3.59. The third-order valence-electron chi connectivity index (χ3n) is 5.17. The Morgan fingerprint density at radius 2 is 2.00 bits per heavy atom. The van der Waals surface area contributed by atoms with Crippen molar-refractivity contribution in [3.05, 3.63) is 24.2 Å². The van der Waals surface area contributed by atoms with Gasteiger partial charge in [-0.3, -0.25) is 9.36 Å². The van der Waals surface area contributed by atoms with Crippen molar-refractivity contribution in [3.8, 4) is 0 Å². The number of nitrogens with zero attached hydrogens (tertiary/aromatic N) is 5. The summed E-state index contributed by atoms with van der Waals surface area (Å²) in [5.41, 5.74) is 0. The highest BCUT2D eigenvalue weighted by atomic mass is 32.2. The first-order valence-corrected chi connectivity index (χ1v) is 11.1. The van der Waals surface area contributed by atoms with Gasteiger partial charge in [0.25, 0.3) is 0 Å². The Bertz CT molecular complexity index is 845. The lowest BCUT2D eigenvalue weighted by Crippen LogP contribution is -2.39. The van der Waals surface area contributed by atoms with Gasteiger partial charge in [0.15, 0.2) is 5.16 Å². The van der Waals surface area contributed by atoms with Gasteiger partial charge in [-0.15, -0.1) is 10.2 Å². The highest BCUT2D eigenvalue weighted by Crippen LogP contribution is 2.41. The molecule has 1 amide bonds. The molecular weight excluding hydrogens is 419 g/mol. The summed E-state index contributed by atoms with van der Waals surface area (Å²) in [6, 6.07) is 3.45. The van der Waals surface area contributed by atoms with Crippen molar-refractivity contribution in [1.29, 1.82) is 0 Å². The predicted octanol–water partition coefficient (Wildman–Crippen LogP) is 3.88. The molecule has 0 aromatic carbocycles. The molecule has 1 saturated carbocycles. The van der Waals surface area contributed by atoms with Crippen molar-refractivity contribution < 1.29 is 22.4 Å². The molecule has 2 fully saturated rings. The fourth-order valence-corrected chi connectivity index (χ4v) is 4.49. The van der Waals surface area contributed by atoms with Gasteiger partial charge in [0, 0.05) is 19.1 Å². The molecular formula is C19H24F3N5O2S. The third-order valence-corrected chi connectivity index (χ3v) is 6.10. The molecule has 0 atom stereocenters. The maximum Gasteiger partial charge on any atom is 0.406 e. The Labute approximate surface area is 176 Å². The summed E-state index contributed by atoms with van der Waals surface area (Å²) >= 11 is 1.15. The second-order valence-corrected chi connectivity index (χ2v) is 8.61. The first-order chi connectivity index (χ1) is 14.4. The van der Waals surface area contributed by atoms with Gasteiger partial charge in [0.05, 0.1) is 18.6 Å². The van der Waals surface area contributed by atoms with Crippen molar-refractivity contribution in [3.63, 3.8) is 0 Å². The van der Waals surface area contributed by atoms with E-state index in [-0.39, 0.29) is 12.3 Å². The van der Waals surface area contributed by atoms with Crippen LogP contribution in [0.15, 0.2) is 28.0 Å². The number of anilines is 1. The van der Waals surface area contributed by atoms with Crippen LogP contribution in [-0.2, 0) is 11.3 Å². The van der Waals surface area contributed by atoms with Crippen LogP contribution in [0, 0.1) is 0 Å². The normalized spacial score (nSPS) is 17.4. The molecule has 164 valence electrons. The number of carbonyl (C=O) groups excluding carboxylic acids is 1. The largest absolute Gasteiger partial charge is 0.467 e. The van der Waals surface area contributed by atoms with Gasteiger partial charge in [-0.1, -0.05) is 11.8 Å². The van der Waals surface area contributed by atoms with E-state index in [4.69, 9.17) is 4.42 Å². The number of alkyl halides is 3. The quantitative estimate of drug-likeness (QED) is 0.577. The lowest BCUT2D eigenvalue weighted by Gasteiger charge is -2.28. The summed E-state index contributed by atoms with van der Waals surface area (Å²) in [6.07, 6.45) is 2.37. The van der Waals surface area contributed by atoms with E-state index in [0.717, 1.165) is 61.4 Å². The molecule has 4 rings (SSSR count). The van der Waals surface area contributed by atoms with E-state index in [2.05, 4.69) is 19.7 Å². The zero-order valence-electron chi connectivity index (χ0n) is 16.5. The maximum absolute atomic E-state index is 13.0. The van der Waals surface area contributed by atoms with Crippen LogP contribution in [0.25, 0.3) is 0 Å². The molecule has 1 aliphatic heterocycles. The summed E-state index contributed by atoms with van der Waals surface area (Å²) < 4.78 is 46.1. The van der Waals surface area contributed by atoms with Crippen molar-refractivity contribution in [1.82, 2.24) is 19.7 Å². The van der Waals surface area contributed by atoms with Crippen LogP contribution in [0.1, 0.15) is 43.9 Å². The number of hydrogen-bond donors (Lipinski definition) is 0. The molecule has 0 radical (unpaired) electrons. The number of rotatable bonds is 8. The Morgan fingerprint density at radius 3 is 2.63 bits per heavy atom. The molecule has 2 aromatic rings. The average Bonchev–Trinajstić information content (AvgIpc) is 3.24. The van der Waals surface area contributed by atoms with Crippen LogP contribution in [-0.4, -0.2) is 57.1 Å². The molecule has 2 aliphatic rings. The molecule has 30 heavy (non-hydrogen) atoms. The van der Waals surface area contributed by atoms with E-state index in [1.54, 1.807) is 12.1 Å². The van der Waals surface area contributed by atoms with E-state index in [1.165, 1.54) is 12.7 Å². The molecule has 2 aromatic heterocycles. The van der Waals surface area contributed by atoms with E-state index < -0.39 is 18.6 Å². The summed E-state index contributed by atoms with van der Waals surface area (Å²) in [5.74, 6) is 0.376. The first kappa shape index (κ1) is 21.1. The second-order valence-electron chi connectivity index (χ2n) is 7.66. The number of piperidine rings is 1. The standard InChI is InChI=1S/C19H24F3N5O2S/c20-19(21,22)13-26(11-15-5-4-10-29-15)16(28)12-30-18-24-23-17(27(18)14-6-7-14)25-8-2-1-3-9-25/h4-5,10,14H,1-3,6-9,11-13H2. The average molecular weight is 443 g/mol. The van der Waals surface area contributed by atoms with E-state index in [9.17, 15) is 18.0 Å². The molecule has 3 heterocycles. The van der Waals surface area contributed by atoms with Crippen LogP contribution < -0.4 is 4.90 Å². The minimum absolute atomic E-state index is 0.137. The van der Waals surface area contributed by atoms with Crippen molar-refractivity contribution in [2.75, 3.05) is 30.3 Å². The number of hydrogen-bond acceptors (Lipinski definition) is 6. The minimum atomic E-state index is -4.48. The number of halogens is 3. The van der Waals surface area contributed by atoms with E-state index >= 15 is 0 Å². The van der Waals surface area contributed by atoms with Crippen molar-refractivity contribution in [2.45, 2.75) is 56.0 Å². The van der Waals surface area contributed by atoms with Gasteiger partial charge >= 0.3 is 6.18 Å². The molecule has 1 aliphatic carbocycles. The third kappa shape index (κ3) is 5.30. The second kappa shape index (κ2) is 8.91. The summed E-state index contributed by atoms with van der Waals surface area (Å²) in [4.78, 5) is 15.6. The first-order valence-electron chi connectivity index (χ1n) is 10.1. The Balaban J connectivity index is 1.44. The minimum Gasteiger partial charge on any atom is -0.467 e. The number of aromatic nitrogens is 3. The maximum atomic E-state index is 13.0. The van der Waals surface area contributed by atoms with E-state index in [1.807, 2.05) is 0 Å². The Hall–Kier alpha value is -2.17. The van der Waals surface area contributed by atoms with Crippen LogP contribution in [0.2, 0.25) is 0 Å².